The summed E-state index contributed by atoms with van der Waals surface area (Å²) in [6.07, 6.45) is 5.11. The first-order valence-corrected chi connectivity index (χ1v) is 8.06. The zero-order valence-electron chi connectivity index (χ0n) is 11.8. The molecule has 0 aliphatic carbocycles. The van der Waals surface area contributed by atoms with Gasteiger partial charge in [0.1, 0.15) is 10.7 Å². The molecular weight excluding hydrogens is 290 g/mol. The molecule has 0 fully saturated rings. The van der Waals surface area contributed by atoms with E-state index in [0.29, 0.717) is 17.9 Å². The van der Waals surface area contributed by atoms with Crippen LogP contribution in [0.3, 0.4) is 0 Å². The molecule has 8 heteroatoms. The van der Waals surface area contributed by atoms with E-state index in [-0.39, 0.29) is 4.90 Å². The molecular formula is C13H19N5O2S. The standard InChI is InChI=1S/C13H19N5O2S/c1-15-21(19,20)12-9-10(14)4-5-11(12)16-6-2-3-13-17-7-8-18-13/h4-5,7-9,15-16H,2-3,6,14H2,1H3,(H,17,18). The Kier molecular flexibility index (Phi) is 4.81. The summed E-state index contributed by atoms with van der Waals surface area (Å²) >= 11 is 0. The summed E-state index contributed by atoms with van der Waals surface area (Å²) in [5.41, 5.74) is 6.61. The van der Waals surface area contributed by atoms with Crippen molar-refractivity contribution in [2.75, 3.05) is 24.6 Å². The quantitative estimate of drug-likeness (QED) is 0.449. The number of aromatic amines is 1. The van der Waals surface area contributed by atoms with Gasteiger partial charge in [-0.2, -0.15) is 0 Å². The molecule has 114 valence electrons. The van der Waals surface area contributed by atoms with Crippen molar-refractivity contribution in [2.45, 2.75) is 17.7 Å². The molecule has 0 atom stereocenters. The van der Waals surface area contributed by atoms with Gasteiger partial charge >= 0.3 is 0 Å². The van der Waals surface area contributed by atoms with Crippen LogP contribution in [0.2, 0.25) is 0 Å². The molecule has 0 saturated carbocycles. The lowest BCUT2D eigenvalue weighted by Gasteiger charge is -2.12. The molecule has 5 N–H and O–H groups in total. The number of nitrogens with two attached hydrogens (primary N) is 1. The molecule has 0 radical (unpaired) electrons. The molecule has 1 aromatic carbocycles. The lowest BCUT2D eigenvalue weighted by atomic mass is 10.2. The monoisotopic (exact) mass is 309 g/mol. The summed E-state index contributed by atoms with van der Waals surface area (Å²) in [6, 6.07) is 4.79. The SMILES string of the molecule is CNS(=O)(=O)c1cc(N)ccc1NCCCc1ncc[nH]1. The summed E-state index contributed by atoms with van der Waals surface area (Å²) in [6.45, 7) is 0.636. The van der Waals surface area contributed by atoms with Crippen LogP contribution in [0.5, 0.6) is 0 Å². The van der Waals surface area contributed by atoms with Crippen LogP contribution in [0, 0.1) is 0 Å². The Labute approximate surface area is 124 Å². The van der Waals surface area contributed by atoms with Crippen molar-refractivity contribution in [3.8, 4) is 0 Å². The fourth-order valence-corrected chi connectivity index (χ4v) is 2.87. The van der Waals surface area contributed by atoms with Gasteiger partial charge in [0, 0.05) is 31.0 Å². The van der Waals surface area contributed by atoms with E-state index < -0.39 is 10.0 Å². The summed E-state index contributed by atoms with van der Waals surface area (Å²) < 4.78 is 26.2. The molecule has 0 spiro atoms. The number of sulfonamides is 1. The molecule has 2 aromatic rings. The summed E-state index contributed by atoms with van der Waals surface area (Å²) in [5, 5.41) is 3.13. The van der Waals surface area contributed by atoms with E-state index in [4.69, 9.17) is 5.73 Å². The minimum atomic E-state index is -3.54. The number of H-pyrrole nitrogens is 1. The molecule has 1 heterocycles. The first-order valence-electron chi connectivity index (χ1n) is 6.58. The van der Waals surface area contributed by atoms with Crippen molar-refractivity contribution < 1.29 is 8.42 Å². The predicted octanol–water partition coefficient (Wildman–Crippen LogP) is 0.945. The Morgan fingerprint density at radius 1 is 1.38 bits per heavy atom. The van der Waals surface area contributed by atoms with Gasteiger partial charge < -0.3 is 16.0 Å². The van der Waals surface area contributed by atoms with Crippen molar-refractivity contribution >= 4 is 21.4 Å². The topological polar surface area (TPSA) is 113 Å². The highest BCUT2D eigenvalue weighted by Crippen LogP contribution is 2.23. The Balaban J connectivity index is 2.02. The van der Waals surface area contributed by atoms with Crippen LogP contribution in [-0.4, -0.2) is 32.0 Å². The lowest BCUT2D eigenvalue weighted by molar-refractivity contribution is 0.588. The fraction of sp³-hybridized carbons (Fsp3) is 0.308. The Hall–Kier alpha value is -2.06. The van der Waals surface area contributed by atoms with Gasteiger partial charge in [-0.3, -0.25) is 0 Å². The maximum absolute atomic E-state index is 12.0. The van der Waals surface area contributed by atoms with Crippen LogP contribution in [-0.2, 0) is 16.4 Å². The predicted molar refractivity (Wildman–Crippen MR) is 82.5 cm³/mol. The third-order valence-electron chi connectivity index (χ3n) is 3.02. The average Bonchev–Trinajstić information content (AvgIpc) is 2.98. The average molecular weight is 309 g/mol. The lowest BCUT2D eigenvalue weighted by Crippen LogP contribution is -2.20. The minimum absolute atomic E-state index is 0.156. The van der Waals surface area contributed by atoms with Gasteiger partial charge in [-0.1, -0.05) is 0 Å². The fourth-order valence-electron chi connectivity index (χ4n) is 1.93. The van der Waals surface area contributed by atoms with Crippen molar-refractivity contribution in [3.63, 3.8) is 0 Å². The number of anilines is 2. The van der Waals surface area contributed by atoms with Crippen LogP contribution in [0.1, 0.15) is 12.2 Å². The molecule has 2 rings (SSSR count). The van der Waals surface area contributed by atoms with Crippen LogP contribution in [0.4, 0.5) is 11.4 Å². The second-order valence-corrected chi connectivity index (χ2v) is 6.38. The number of nitrogen functional groups attached to an aromatic ring is 1. The highest BCUT2D eigenvalue weighted by atomic mass is 32.2. The highest BCUT2D eigenvalue weighted by molar-refractivity contribution is 7.89. The number of benzene rings is 1. The molecule has 0 unspecified atom stereocenters. The maximum Gasteiger partial charge on any atom is 0.242 e. The number of hydrogen-bond donors (Lipinski definition) is 4. The first-order chi connectivity index (χ1) is 10.0. The smallest absolute Gasteiger partial charge is 0.242 e. The number of hydrogen-bond acceptors (Lipinski definition) is 5. The Morgan fingerprint density at radius 2 is 2.19 bits per heavy atom. The Morgan fingerprint density at radius 3 is 2.86 bits per heavy atom. The van der Waals surface area contributed by atoms with Crippen molar-refractivity contribution in [3.05, 3.63) is 36.4 Å². The summed E-state index contributed by atoms with van der Waals surface area (Å²) in [5.74, 6) is 0.914. The summed E-state index contributed by atoms with van der Waals surface area (Å²) in [7, 11) is -2.17. The minimum Gasteiger partial charge on any atom is -0.399 e. The molecule has 7 nitrogen and oxygen atoms in total. The molecule has 0 aliphatic heterocycles. The largest absolute Gasteiger partial charge is 0.399 e. The van der Waals surface area contributed by atoms with Crippen molar-refractivity contribution in [2.24, 2.45) is 0 Å². The van der Waals surface area contributed by atoms with Gasteiger partial charge in [-0.05, 0) is 31.7 Å². The highest BCUT2D eigenvalue weighted by Gasteiger charge is 2.16. The van der Waals surface area contributed by atoms with Crippen molar-refractivity contribution in [1.29, 1.82) is 0 Å². The molecule has 21 heavy (non-hydrogen) atoms. The van der Waals surface area contributed by atoms with Gasteiger partial charge in [0.25, 0.3) is 0 Å². The third kappa shape index (κ3) is 3.96. The first kappa shape index (κ1) is 15.3. The number of aryl methyl sites for hydroxylation is 1. The van der Waals surface area contributed by atoms with Crippen LogP contribution in [0.25, 0.3) is 0 Å². The summed E-state index contributed by atoms with van der Waals surface area (Å²) in [4.78, 5) is 7.32. The zero-order valence-corrected chi connectivity index (χ0v) is 12.6. The molecule has 1 aromatic heterocycles. The number of nitrogens with one attached hydrogen (secondary N) is 3. The molecule has 0 aliphatic rings. The van der Waals surface area contributed by atoms with E-state index in [0.717, 1.165) is 18.7 Å². The molecule has 0 bridgehead atoms. The third-order valence-corrected chi connectivity index (χ3v) is 4.48. The molecule has 0 amide bonds. The van der Waals surface area contributed by atoms with E-state index in [1.807, 2.05) is 0 Å². The van der Waals surface area contributed by atoms with Crippen molar-refractivity contribution in [1.82, 2.24) is 14.7 Å². The van der Waals surface area contributed by atoms with E-state index in [1.54, 1.807) is 24.5 Å². The van der Waals surface area contributed by atoms with E-state index in [1.165, 1.54) is 13.1 Å². The Bertz CT molecular complexity index is 683. The van der Waals surface area contributed by atoms with Gasteiger partial charge in [0.05, 0.1) is 5.69 Å². The van der Waals surface area contributed by atoms with E-state index in [9.17, 15) is 8.42 Å². The maximum atomic E-state index is 12.0. The molecule has 0 saturated heterocycles. The van der Waals surface area contributed by atoms with Gasteiger partial charge in [-0.25, -0.2) is 18.1 Å². The second kappa shape index (κ2) is 6.59. The number of nitrogens with zero attached hydrogens (tertiary/aromatic N) is 1. The van der Waals surface area contributed by atoms with E-state index in [2.05, 4.69) is 20.0 Å². The van der Waals surface area contributed by atoms with Crippen LogP contribution >= 0.6 is 0 Å². The number of rotatable bonds is 7. The normalized spacial score (nSPS) is 11.5. The van der Waals surface area contributed by atoms with E-state index >= 15 is 0 Å². The van der Waals surface area contributed by atoms with Gasteiger partial charge in [-0.15, -0.1) is 0 Å². The van der Waals surface area contributed by atoms with Gasteiger partial charge in [0.15, 0.2) is 0 Å². The van der Waals surface area contributed by atoms with Gasteiger partial charge in [0.2, 0.25) is 10.0 Å². The van der Waals surface area contributed by atoms with Crippen LogP contribution < -0.4 is 15.8 Å². The van der Waals surface area contributed by atoms with Crippen LogP contribution in [0.15, 0.2) is 35.5 Å². The number of aromatic nitrogens is 2. The zero-order chi connectivity index (χ0) is 15.3. The number of imidazole rings is 1. The second-order valence-electron chi connectivity index (χ2n) is 4.53.